The van der Waals surface area contributed by atoms with Gasteiger partial charge in [0.2, 0.25) is 11.9 Å². The Bertz CT molecular complexity index is 543. The molecule has 6 heteroatoms. The lowest BCUT2D eigenvalue weighted by atomic mass is 10.1. The average molecular weight is 225 g/mol. The number of rotatable bonds is 1. The Morgan fingerprint density at radius 2 is 1.81 bits per heavy atom. The monoisotopic (exact) mass is 225 g/mol. The smallest absolute Gasteiger partial charge is 0.223 e. The predicted molar refractivity (Wildman–Crippen MR) is 51.8 cm³/mol. The van der Waals surface area contributed by atoms with E-state index in [1.54, 1.807) is 0 Å². The van der Waals surface area contributed by atoms with E-state index in [4.69, 9.17) is 5.73 Å². The van der Waals surface area contributed by atoms with Gasteiger partial charge in [0.15, 0.2) is 0 Å². The lowest BCUT2D eigenvalue weighted by Gasteiger charge is -2.04. The first-order valence-electron chi connectivity index (χ1n) is 4.31. The van der Waals surface area contributed by atoms with Gasteiger partial charge in [-0.2, -0.15) is 13.8 Å². The minimum absolute atomic E-state index is 0.0418. The van der Waals surface area contributed by atoms with Crippen LogP contribution < -0.4 is 5.73 Å². The standard InChI is InChI=1S/C10H6F3N3/c11-7-4-15-9(14)3-6(7)5-1-2-8(12)16-10(5)13/h1-4H,(H2,14,15). The van der Waals surface area contributed by atoms with Gasteiger partial charge in [-0.1, -0.05) is 0 Å². The number of nitrogen functional groups attached to an aromatic ring is 1. The maximum atomic E-state index is 13.3. The molecule has 0 spiro atoms. The third kappa shape index (κ3) is 1.81. The van der Waals surface area contributed by atoms with Gasteiger partial charge in [-0.15, -0.1) is 0 Å². The summed E-state index contributed by atoms with van der Waals surface area (Å²) in [4.78, 5) is 6.46. The molecule has 2 heterocycles. The Balaban J connectivity index is 2.62. The normalized spacial score (nSPS) is 10.4. The van der Waals surface area contributed by atoms with Crippen molar-refractivity contribution in [1.29, 1.82) is 0 Å². The third-order valence-electron chi connectivity index (χ3n) is 1.98. The molecule has 0 unspecified atom stereocenters. The number of hydrogen-bond acceptors (Lipinski definition) is 3. The molecular weight excluding hydrogens is 219 g/mol. The molecule has 2 rings (SSSR count). The van der Waals surface area contributed by atoms with Crippen molar-refractivity contribution in [3.8, 4) is 11.1 Å². The maximum absolute atomic E-state index is 13.3. The molecule has 0 aliphatic rings. The molecule has 0 saturated carbocycles. The van der Waals surface area contributed by atoms with Gasteiger partial charge in [0.1, 0.15) is 11.6 Å². The summed E-state index contributed by atoms with van der Waals surface area (Å²) in [5.74, 6) is -2.77. The summed E-state index contributed by atoms with van der Waals surface area (Å²) in [7, 11) is 0. The molecule has 0 atom stereocenters. The molecule has 16 heavy (non-hydrogen) atoms. The van der Waals surface area contributed by atoms with Crippen LogP contribution >= 0.6 is 0 Å². The first kappa shape index (κ1) is 10.4. The number of nitrogens with zero attached hydrogens (tertiary/aromatic N) is 2. The number of aromatic nitrogens is 2. The molecule has 2 aromatic heterocycles. The molecule has 0 aromatic carbocycles. The zero-order valence-electron chi connectivity index (χ0n) is 7.92. The second-order valence-corrected chi connectivity index (χ2v) is 3.06. The highest BCUT2D eigenvalue weighted by molar-refractivity contribution is 5.65. The van der Waals surface area contributed by atoms with Crippen LogP contribution in [0.5, 0.6) is 0 Å². The zero-order valence-corrected chi connectivity index (χ0v) is 7.92. The number of pyridine rings is 2. The van der Waals surface area contributed by atoms with E-state index in [0.717, 1.165) is 24.4 Å². The van der Waals surface area contributed by atoms with Crippen molar-refractivity contribution in [3.63, 3.8) is 0 Å². The Morgan fingerprint density at radius 1 is 1.06 bits per heavy atom. The van der Waals surface area contributed by atoms with Gasteiger partial charge in [-0.05, 0) is 18.2 Å². The fourth-order valence-electron chi connectivity index (χ4n) is 1.27. The first-order chi connectivity index (χ1) is 7.58. The Kier molecular flexibility index (Phi) is 2.47. The second-order valence-electron chi connectivity index (χ2n) is 3.06. The molecular formula is C10H6F3N3. The highest BCUT2D eigenvalue weighted by atomic mass is 19.1. The van der Waals surface area contributed by atoms with Gasteiger partial charge in [0.05, 0.1) is 6.20 Å². The summed E-state index contributed by atoms with van der Waals surface area (Å²) in [5, 5.41) is 0. The minimum Gasteiger partial charge on any atom is -0.384 e. The van der Waals surface area contributed by atoms with E-state index in [-0.39, 0.29) is 16.9 Å². The van der Waals surface area contributed by atoms with E-state index in [0.29, 0.717) is 0 Å². The molecule has 82 valence electrons. The van der Waals surface area contributed by atoms with E-state index in [1.807, 2.05) is 0 Å². The van der Waals surface area contributed by atoms with E-state index < -0.39 is 17.7 Å². The van der Waals surface area contributed by atoms with Crippen molar-refractivity contribution in [2.45, 2.75) is 0 Å². The quantitative estimate of drug-likeness (QED) is 0.756. The van der Waals surface area contributed by atoms with Gasteiger partial charge < -0.3 is 5.73 Å². The number of anilines is 1. The van der Waals surface area contributed by atoms with Gasteiger partial charge in [-0.3, -0.25) is 0 Å². The van der Waals surface area contributed by atoms with Crippen molar-refractivity contribution in [1.82, 2.24) is 9.97 Å². The SMILES string of the molecule is Nc1cc(-c2ccc(F)nc2F)c(F)cn1. The van der Waals surface area contributed by atoms with E-state index in [1.165, 1.54) is 0 Å². The van der Waals surface area contributed by atoms with Crippen LogP contribution in [0.2, 0.25) is 0 Å². The molecule has 0 saturated heterocycles. The molecule has 2 aromatic rings. The summed E-state index contributed by atoms with van der Waals surface area (Å²) in [6.07, 6.45) is 0.869. The van der Waals surface area contributed by atoms with Gasteiger partial charge >= 0.3 is 0 Å². The topological polar surface area (TPSA) is 51.8 Å². The molecule has 0 amide bonds. The van der Waals surface area contributed by atoms with Crippen molar-refractivity contribution in [2.24, 2.45) is 0 Å². The first-order valence-corrected chi connectivity index (χ1v) is 4.31. The second kappa shape index (κ2) is 3.80. The molecule has 3 nitrogen and oxygen atoms in total. The van der Waals surface area contributed by atoms with Crippen LogP contribution in [0.1, 0.15) is 0 Å². The summed E-state index contributed by atoms with van der Waals surface area (Å²) in [6, 6.07) is 3.19. The highest BCUT2D eigenvalue weighted by Gasteiger charge is 2.12. The van der Waals surface area contributed by atoms with Gasteiger partial charge in [0.25, 0.3) is 0 Å². The predicted octanol–water partition coefficient (Wildman–Crippen LogP) is 2.14. The van der Waals surface area contributed by atoms with E-state index in [2.05, 4.69) is 9.97 Å². The number of halogens is 3. The summed E-state index contributed by atoms with van der Waals surface area (Å²) < 4.78 is 39.2. The van der Waals surface area contributed by atoms with Crippen molar-refractivity contribution in [2.75, 3.05) is 5.73 Å². The van der Waals surface area contributed by atoms with Gasteiger partial charge in [0, 0.05) is 11.1 Å². The highest BCUT2D eigenvalue weighted by Crippen LogP contribution is 2.25. The lowest BCUT2D eigenvalue weighted by Crippen LogP contribution is -1.97. The fourth-order valence-corrected chi connectivity index (χ4v) is 1.27. The fraction of sp³-hybridized carbons (Fsp3) is 0. The van der Waals surface area contributed by atoms with Crippen LogP contribution in [0.15, 0.2) is 24.4 Å². The van der Waals surface area contributed by atoms with E-state index >= 15 is 0 Å². The van der Waals surface area contributed by atoms with Crippen LogP contribution in [-0.2, 0) is 0 Å². The largest absolute Gasteiger partial charge is 0.384 e. The van der Waals surface area contributed by atoms with Crippen molar-refractivity contribution < 1.29 is 13.2 Å². The lowest BCUT2D eigenvalue weighted by molar-refractivity contribution is 0.514. The number of nitrogens with two attached hydrogens (primary N) is 1. The Labute approximate surface area is 88.8 Å². The summed E-state index contributed by atoms with van der Waals surface area (Å²) in [5.41, 5.74) is 5.09. The minimum atomic E-state index is -1.09. The molecule has 0 radical (unpaired) electrons. The molecule has 0 aliphatic heterocycles. The average Bonchev–Trinajstić information content (AvgIpc) is 2.22. The summed E-state index contributed by atoms with van der Waals surface area (Å²) >= 11 is 0. The van der Waals surface area contributed by atoms with Crippen molar-refractivity contribution in [3.05, 3.63) is 42.1 Å². The number of hydrogen-bond donors (Lipinski definition) is 1. The van der Waals surface area contributed by atoms with Crippen LogP contribution in [0.4, 0.5) is 19.0 Å². The third-order valence-corrected chi connectivity index (χ3v) is 1.98. The maximum Gasteiger partial charge on any atom is 0.223 e. The van der Waals surface area contributed by atoms with Crippen molar-refractivity contribution >= 4 is 5.82 Å². The molecule has 0 fully saturated rings. The molecule has 0 aliphatic carbocycles. The van der Waals surface area contributed by atoms with Crippen LogP contribution in [0, 0.1) is 17.7 Å². The molecule has 0 bridgehead atoms. The molecule has 2 N–H and O–H groups in total. The Morgan fingerprint density at radius 3 is 2.50 bits per heavy atom. The zero-order chi connectivity index (χ0) is 11.7. The summed E-state index contributed by atoms with van der Waals surface area (Å²) in [6.45, 7) is 0. The van der Waals surface area contributed by atoms with Crippen LogP contribution in [0.25, 0.3) is 11.1 Å². The van der Waals surface area contributed by atoms with Gasteiger partial charge in [-0.25, -0.2) is 9.37 Å². The van der Waals surface area contributed by atoms with Crippen LogP contribution in [0.3, 0.4) is 0 Å². The van der Waals surface area contributed by atoms with E-state index in [9.17, 15) is 13.2 Å². The van der Waals surface area contributed by atoms with Crippen LogP contribution in [-0.4, -0.2) is 9.97 Å². The Hall–Kier alpha value is -2.11.